The summed E-state index contributed by atoms with van der Waals surface area (Å²) in [5.41, 5.74) is 3.50. The first-order chi connectivity index (χ1) is 14.4. The Kier molecular flexibility index (Phi) is 5.70. The first-order valence-corrected chi connectivity index (χ1v) is 11.0. The summed E-state index contributed by atoms with van der Waals surface area (Å²) >= 11 is 6.06. The fraction of sp³-hybridized carbons (Fsp3) is 0.360. The smallest absolute Gasteiger partial charge is 0.282 e. The number of piperidine rings is 1. The Bertz CT molecular complexity index is 985. The van der Waals surface area contributed by atoms with Crippen molar-refractivity contribution < 1.29 is 9.59 Å². The zero-order valence-electron chi connectivity index (χ0n) is 17.7. The summed E-state index contributed by atoms with van der Waals surface area (Å²) in [5, 5.41) is 0.602. The highest BCUT2D eigenvalue weighted by Crippen LogP contribution is 2.37. The van der Waals surface area contributed by atoms with E-state index in [1.165, 1.54) is 10.5 Å². The third-order valence-corrected chi connectivity index (χ3v) is 6.36. The molecule has 2 aliphatic rings. The molecule has 156 valence electrons. The molecule has 0 saturated carbocycles. The van der Waals surface area contributed by atoms with E-state index in [-0.39, 0.29) is 11.8 Å². The lowest BCUT2D eigenvalue weighted by atomic mass is 9.97. The molecule has 4 nitrogen and oxygen atoms in total. The molecule has 1 saturated heterocycles. The zero-order valence-corrected chi connectivity index (χ0v) is 18.4. The van der Waals surface area contributed by atoms with Crippen molar-refractivity contribution in [2.24, 2.45) is 5.92 Å². The van der Waals surface area contributed by atoms with Crippen LogP contribution >= 0.6 is 11.6 Å². The quantitative estimate of drug-likeness (QED) is 0.612. The van der Waals surface area contributed by atoms with Crippen molar-refractivity contribution in [1.82, 2.24) is 4.90 Å². The molecule has 0 N–H and O–H groups in total. The number of rotatable bonds is 4. The first kappa shape index (κ1) is 20.7. The second-order valence-corrected chi connectivity index (χ2v) is 9.03. The summed E-state index contributed by atoms with van der Waals surface area (Å²) in [6.07, 6.45) is 2.03. The number of imide groups is 1. The van der Waals surface area contributed by atoms with E-state index in [2.05, 4.69) is 25.7 Å². The van der Waals surface area contributed by atoms with Crippen molar-refractivity contribution in [2.75, 3.05) is 18.0 Å². The average molecular weight is 423 g/mol. The van der Waals surface area contributed by atoms with Gasteiger partial charge in [-0.2, -0.15) is 0 Å². The SMILES string of the molecule is CC1CCN(C2=C(c3ccc(Cl)cc3)C(=O)N(c3ccc(C(C)C)cc3)C2=O)CC1. The first-order valence-electron chi connectivity index (χ1n) is 10.6. The van der Waals surface area contributed by atoms with Gasteiger partial charge in [0, 0.05) is 18.1 Å². The number of nitrogens with zero attached hydrogens (tertiary/aromatic N) is 2. The van der Waals surface area contributed by atoms with Crippen LogP contribution in [0, 0.1) is 5.92 Å². The molecule has 0 spiro atoms. The van der Waals surface area contributed by atoms with Crippen LogP contribution in [0.1, 0.15) is 50.7 Å². The van der Waals surface area contributed by atoms with Crippen LogP contribution in [-0.4, -0.2) is 29.8 Å². The van der Waals surface area contributed by atoms with Crippen LogP contribution in [0.25, 0.3) is 5.57 Å². The fourth-order valence-corrected chi connectivity index (χ4v) is 4.29. The van der Waals surface area contributed by atoms with Gasteiger partial charge in [-0.05, 0) is 60.1 Å². The van der Waals surface area contributed by atoms with Crippen LogP contribution in [0.2, 0.25) is 5.02 Å². The van der Waals surface area contributed by atoms with E-state index in [0.717, 1.165) is 31.5 Å². The van der Waals surface area contributed by atoms with Gasteiger partial charge in [-0.15, -0.1) is 0 Å². The van der Waals surface area contributed by atoms with Crippen LogP contribution < -0.4 is 4.90 Å². The molecule has 2 amide bonds. The largest absolute Gasteiger partial charge is 0.366 e. The van der Waals surface area contributed by atoms with E-state index in [1.807, 2.05) is 36.4 Å². The molecule has 0 atom stereocenters. The number of carbonyl (C=O) groups excluding carboxylic acids is 2. The Hall–Kier alpha value is -2.59. The van der Waals surface area contributed by atoms with Gasteiger partial charge in [-0.25, -0.2) is 4.90 Å². The van der Waals surface area contributed by atoms with Gasteiger partial charge < -0.3 is 4.90 Å². The number of benzene rings is 2. The summed E-state index contributed by atoms with van der Waals surface area (Å²) in [5.74, 6) is 0.510. The molecule has 2 aromatic rings. The third kappa shape index (κ3) is 3.77. The maximum atomic E-state index is 13.5. The minimum Gasteiger partial charge on any atom is -0.366 e. The highest BCUT2D eigenvalue weighted by Gasteiger charge is 2.42. The minimum atomic E-state index is -0.270. The molecule has 5 heteroatoms. The molecule has 0 aliphatic carbocycles. The normalized spacial score (nSPS) is 18.2. The summed E-state index contributed by atoms with van der Waals surface area (Å²) in [4.78, 5) is 30.5. The van der Waals surface area contributed by atoms with Crippen molar-refractivity contribution >= 4 is 34.7 Å². The van der Waals surface area contributed by atoms with Gasteiger partial charge in [0.2, 0.25) is 0 Å². The van der Waals surface area contributed by atoms with Crippen LogP contribution in [0.5, 0.6) is 0 Å². The van der Waals surface area contributed by atoms with Gasteiger partial charge in [0.1, 0.15) is 5.70 Å². The lowest BCUT2D eigenvalue weighted by Gasteiger charge is -2.32. The molecule has 1 fully saturated rings. The van der Waals surface area contributed by atoms with Gasteiger partial charge >= 0.3 is 0 Å². The van der Waals surface area contributed by atoms with Crippen molar-refractivity contribution in [3.8, 4) is 0 Å². The van der Waals surface area contributed by atoms with E-state index in [9.17, 15) is 9.59 Å². The van der Waals surface area contributed by atoms with Crippen LogP contribution in [0.4, 0.5) is 5.69 Å². The van der Waals surface area contributed by atoms with Gasteiger partial charge in [-0.1, -0.05) is 56.6 Å². The van der Waals surface area contributed by atoms with E-state index < -0.39 is 0 Å². The summed E-state index contributed by atoms with van der Waals surface area (Å²) in [7, 11) is 0. The highest BCUT2D eigenvalue weighted by atomic mass is 35.5. The fourth-order valence-electron chi connectivity index (χ4n) is 4.16. The standard InChI is InChI=1S/C25H27ClN2O2/c1-16(2)18-6-10-21(11-7-18)28-24(29)22(19-4-8-20(26)9-5-19)23(25(28)30)27-14-12-17(3)13-15-27/h4-11,16-17H,12-15H2,1-3H3. The molecule has 2 heterocycles. The van der Waals surface area contributed by atoms with Crippen molar-refractivity contribution in [3.63, 3.8) is 0 Å². The van der Waals surface area contributed by atoms with E-state index >= 15 is 0 Å². The minimum absolute atomic E-state index is 0.239. The second kappa shape index (κ2) is 8.27. The van der Waals surface area contributed by atoms with Crippen molar-refractivity contribution in [2.45, 2.75) is 39.5 Å². The molecule has 2 aliphatic heterocycles. The van der Waals surface area contributed by atoms with Gasteiger partial charge in [0.15, 0.2) is 0 Å². The highest BCUT2D eigenvalue weighted by molar-refractivity contribution is 6.45. The number of likely N-dealkylation sites (tertiary alicyclic amines) is 1. The molecular weight excluding hydrogens is 396 g/mol. The van der Waals surface area contributed by atoms with Crippen LogP contribution in [0.3, 0.4) is 0 Å². The van der Waals surface area contributed by atoms with Crippen molar-refractivity contribution in [1.29, 1.82) is 0 Å². The lowest BCUT2D eigenvalue weighted by Crippen LogP contribution is -2.38. The Morgan fingerprint density at radius 3 is 2.07 bits per heavy atom. The molecule has 0 aromatic heterocycles. The van der Waals surface area contributed by atoms with Crippen molar-refractivity contribution in [3.05, 3.63) is 70.4 Å². The maximum Gasteiger partial charge on any atom is 0.282 e. The van der Waals surface area contributed by atoms with E-state index in [1.54, 1.807) is 12.1 Å². The number of halogens is 1. The Morgan fingerprint density at radius 1 is 0.900 bits per heavy atom. The van der Waals surface area contributed by atoms with E-state index in [4.69, 9.17) is 11.6 Å². The molecule has 0 unspecified atom stereocenters. The predicted molar refractivity (Wildman–Crippen MR) is 121 cm³/mol. The zero-order chi connectivity index (χ0) is 21.4. The summed E-state index contributed by atoms with van der Waals surface area (Å²) in [6, 6.07) is 14.9. The van der Waals surface area contributed by atoms with Gasteiger partial charge in [0.25, 0.3) is 11.8 Å². The molecule has 2 aromatic carbocycles. The molecule has 30 heavy (non-hydrogen) atoms. The number of hydrogen-bond donors (Lipinski definition) is 0. The number of anilines is 1. The maximum absolute atomic E-state index is 13.5. The Balaban J connectivity index is 1.76. The predicted octanol–water partition coefficient (Wildman–Crippen LogP) is 5.48. The van der Waals surface area contributed by atoms with Crippen LogP contribution in [0.15, 0.2) is 54.2 Å². The molecule has 0 radical (unpaired) electrons. The number of carbonyl (C=O) groups is 2. The average Bonchev–Trinajstić information content (AvgIpc) is 2.99. The second-order valence-electron chi connectivity index (χ2n) is 8.59. The molecule has 0 bridgehead atoms. The third-order valence-electron chi connectivity index (χ3n) is 6.11. The Labute approximate surface area is 183 Å². The Morgan fingerprint density at radius 2 is 1.50 bits per heavy atom. The molecule has 4 rings (SSSR count). The number of hydrogen-bond acceptors (Lipinski definition) is 3. The summed E-state index contributed by atoms with van der Waals surface area (Å²) in [6.45, 7) is 8.04. The monoisotopic (exact) mass is 422 g/mol. The van der Waals surface area contributed by atoms with Gasteiger partial charge in [0.05, 0.1) is 11.3 Å². The summed E-state index contributed by atoms with van der Waals surface area (Å²) < 4.78 is 0. The lowest BCUT2D eigenvalue weighted by molar-refractivity contribution is -0.120. The van der Waals surface area contributed by atoms with Gasteiger partial charge in [-0.3, -0.25) is 9.59 Å². The van der Waals surface area contributed by atoms with Crippen LogP contribution in [-0.2, 0) is 9.59 Å². The van der Waals surface area contributed by atoms with E-state index in [0.29, 0.717) is 33.8 Å². The topological polar surface area (TPSA) is 40.6 Å². The molecular formula is C25H27ClN2O2. The number of amides is 2.